The molecule has 0 fully saturated rings. The lowest BCUT2D eigenvalue weighted by Gasteiger charge is -1.91. The van der Waals surface area contributed by atoms with Crippen LogP contribution in [0.1, 0.15) is 13.3 Å². The Balaban J connectivity index is 2.52. The molecule has 1 heterocycles. The van der Waals surface area contributed by atoms with Gasteiger partial charge in [0.25, 0.3) is 0 Å². The Kier molecular flexibility index (Phi) is 2.08. The second kappa shape index (κ2) is 3.39. The van der Waals surface area contributed by atoms with E-state index in [-0.39, 0.29) is 0 Å². The summed E-state index contributed by atoms with van der Waals surface area (Å²) >= 11 is 0. The fourth-order valence-electron chi connectivity index (χ4n) is 1.20. The number of para-hydroxylation sites is 1. The molecule has 66 valence electrons. The number of fused-ring (bicyclic) bond motifs is 1. The summed E-state index contributed by atoms with van der Waals surface area (Å²) in [5.74, 6) is 0. The smallest absolute Gasteiger partial charge is 0.113 e. The van der Waals surface area contributed by atoms with E-state index in [1.165, 1.54) is 0 Å². The van der Waals surface area contributed by atoms with Crippen LogP contribution in [0.2, 0.25) is 0 Å². The predicted molar refractivity (Wildman–Crippen MR) is 53.1 cm³/mol. The van der Waals surface area contributed by atoms with E-state index in [2.05, 4.69) is 23.3 Å². The second-order valence-electron chi connectivity index (χ2n) is 2.82. The molecule has 1 aromatic heterocycles. The summed E-state index contributed by atoms with van der Waals surface area (Å²) in [6.07, 6.45) is 5.00. The van der Waals surface area contributed by atoms with Crippen molar-refractivity contribution in [2.45, 2.75) is 13.3 Å². The number of hydrogen-bond donors (Lipinski definition) is 0. The summed E-state index contributed by atoms with van der Waals surface area (Å²) in [5, 5.41) is 8.05. The quantitative estimate of drug-likeness (QED) is 0.697. The molecule has 0 spiro atoms. The highest BCUT2D eigenvalue weighted by Gasteiger charge is 1.98. The van der Waals surface area contributed by atoms with E-state index in [4.69, 9.17) is 0 Å². The first-order valence-corrected chi connectivity index (χ1v) is 4.38. The first kappa shape index (κ1) is 7.98. The maximum atomic E-state index is 4.03. The highest BCUT2D eigenvalue weighted by atomic mass is 15.4. The summed E-state index contributed by atoms with van der Waals surface area (Å²) in [4.78, 5) is 0. The molecule has 0 amide bonds. The van der Waals surface area contributed by atoms with Gasteiger partial charge >= 0.3 is 0 Å². The van der Waals surface area contributed by atoms with Gasteiger partial charge in [-0.05, 0) is 18.6 Å². The van der Waals surface area contributed by atoms with Gasteiger partial charge in [-0.3, -0.25) is 0 Å². The molecule has 13 heavy (non-hydrogen) atoms. The van der Waals surface area contributed by atoms with Crippen molar-refractivity contribution in [3.63, 3.8) is 0 Å². The van der Waals surface area contributed by atoms with E-state index in [9.17, 15) is 0 Å². The van der Waals surface area contributed by atoms with Gasteiger partial charge in [0.15, 0.2) is 0 Å². The third-order valence-corrected chi connectivity index (χ3v) is 1.86. The highest BCUT2D eigenvalue weighted by Crippen LogP contribution is 2.09. The van der Waals surface area contributed by atoms with Crippen LogP contribution in [-0.2, 0) is 0 Å². The first-order valence-electron chi connectivity index (χ1n) is 4.38. The van der Waals surface area contributed by atoms with E-state index in [0.717, 1.165) is 17.5 Å². The summed E-state index contributed by atoms with van der Waals surface area (Å²) in [6, 6.07) is 7.92. The maximum Gasteiger partial charge on any atom is 0.113 e. The zero-order valence-electron chi connectivity index (χ0n) is 7.51. The average molecular weight is 173 g/mol. The van der Waals surface area contributed by atoms with Gasteiger partial charge in [0.2, 0.25) is 0 Å². The number of benzene rings is 1. The minimum atomic E-state index is 0.934. The van der Waals surface area contributed by atoms with Gasteiger partial charge < -0.3 is 0 Å². The molecule has 0 N–H and O–H groups in total. The standard InChI is InChI=1S/C10H11N3/c1-2-3-8-13-10-7-5-4-6-9(10)11-12-13/h3-8H,2H2,1H3/b8-3+. The molecule has 0 radical (unpaired) electrons. The fourth-order valence-corrected chi connectivity index (χ4v) is 1.20. The van der Waals surface area contributed by atoms with Gasteiger partial charge in [-0.2, -0.15) is 0 Å². The van der Waals surface area contributed by atoms with Crippen molar-refractivity contribution in [3.8, 4) is 0 Å². The number of aromatic nitrogens is 3. The molecule has 0 unspecified atom stereocenters. The van der Waals surface area contributed by atoms with Crippen molar-refractivity contribution in [2.24, 2.45) is 0 Å². The van der Waals surface area contributed by atoms with Gasteiger partial charge in [-0.25, -0.2) is 4.68 Å². The zero-order valence-corrected chi connectivity index (χ0v) is 7.51. The number of allylic oxidation sites excluding steroid dienone is 1. The summed E-state index contributed by atoms with van der Waals surface area (Å²) in [6.45, 7) is 2.09. The summed E-state index contributed by atoms with van der Waals surface area (Å²) in [7, 11) is 0. The molecule has 0 aliphatic heterocycles. The van der Waals surface area contributed by atoms with Crippen molar-refractivity contribution in [3.05, 3.63) is 30.3 Å². The van der Waals surface area contributed by atoms with Crippen LogP contribution in [0.4, 0.5) is 0 Å². The normalized spacial score (nSPS) is 11.5. The van der Waals surface area contributed by atoms with E-state index in [1.807, 2.05) is 30.5 Å². The SMILES string of the molecule is CC/C=C/n1nnc2ccccc21. The number of nitrogens with zero attached hydrogens (tertiary/aromatic N) is 3. The molecule has 0 bridgehead atoms. The average Bonchev–Trinajstić information content (AvgIpc) is 2.58. The second-order valence-corrected chi connectivity index (χ2v) is 2.82. The van der Waals surface area contributed by atoms with E-state index in [0.29, 0.717) is 0 Å². The largest absolute Gasteiger partial charge is 0.220 e. The minimum Gasteiger partial charge on any atom is -0.220 e. The summed E-state index contributed by atoms with van der Waals surface area (Å²) < 4.78 is 1.79. The molecule has 3 heteroatoms. The molecular formula is C10H11N3. The van der Waals surface area contributed by atoms with Gasteiger partial charge in [-0.15, -0.1) is 5.10 Å². The molecule has 0 atom stereocenters. The van der Waals surface area contributed by atoms with E-state index in [1.54, 1.807) is 4.68 Å². The number of rotatable bonds is 2. The molecule has 0 saturated heterocycles. The Bertz CT molecular complexity index is 428. The van der Waals surface area contributed by atoms with Crippen molar-refractivity contribution in [1.82, 2.24) is 15.0 Å². The topological polar surface area (TPSA) is 30.7 Å². The van der Waals surface area contributed by atoms with Gasteiger partial charge in [-0.1, -0.05) is 30.3 Å². The van der Waals surface area contributed by atoms with Crippen molar-refractivity contribution >= 4 is 17.2 Å². The third-order valence-electron chi connectivity index (χ3n) is 1.86. The Morgan fingerprint density at radius 3 is 3.08 bits per heavy atom. The molecule has 2 rings (SSSR count). The zero-order chi connectivity index (χ0) is 9.10. The molecule has 0 aliphatic rings. The van der Waals surface area contributed by atoms with Crippen LogP contribution < -0.4 is 0 Å². The molecule has 1 aromatic carbocycles. The van der Waals surface area contributed by atoms with E-state index < -0.39 is 0 Å². The lowest BCUT2D eigenvalue weighted by molar-refractivity contribution is 0.858. The molecule has 2 aromatic rings. The Morgan fingerprint density at radius 1 is 1.38 bits per heavy atom. The molecule has 3 nitrogen and oxygen atoms in total. The van der Waals surface area contributed by atoms with Crippen molar-refractivity contribution in [2.75, 3.05) is 0 Å². The van der Waals surface area contributed by atoms with Crippen LogP contribution in [-0.4, -0.2) is 15.0 Å². The molecular weight excluding hydrogens is 162 g/mol. The highest BCUT2D eigenvalue weighted by molar-refractivity contribution is 5.75. The third kappa shape index (κ3) is 1.45. The van der Waals surface area contributed by atoms with Gasteiger partial charge in [0.1, 0.15) is 5.52 Å². The van der Waals surface area contributed by atoms with Crippen LogP contribution >= 0.6 is 0 Å². The fraction of sp³-hybridized carbons (Fsp3) is 0.200. The Morgan fingerprint density at radius 2 is 2.23 bits per heavy atom. The summed E-state index contributed by atoms with van der Waals surface area (Å²) in [5.41, 5.74) is 1.98. The van der Waals surface area contributed by atoms with Crippen molar-refractivity contribution in [1.29, 1.82) is 0 Å². The Labute approximate surface area is 76.7 Å². The van der Waals surface area contributed by atoms with Crippen LogP contribution in [0.15, 0.2) is 30.3 Å². The van der Waals surface area contributed by atoms with Crippen LogP contribution in [0, 0.1) is 0 Å². The first-order chi connectivity index (χ1) is 6.42. The van der Waals surface area contributed by atoms with Crippen LogP contribution in [0.3, 0.4) is 0 Å². The maximum absolute atomic E-state index is 4.03. The van der Waals surface area contributed by atoms with Gasteiger partial charge in [0, 0.05) is 6.20 Å². The Hall–Kier alpha value is -1.64. The van der Waals surface area contributed by atoms with Crippen LogP contribution in [0.25, 0.3) is 17.2 Å². The molecule has 0 saturated carbocycles. The minimum absolute atomic E-state index is 0.934. The van der Waals surface area contributed by atoms with Gasteiger partial charge in [0.05, 0.1) is 5.52 Å². The molecule has 0 aliphatic carbocycles. The lowest BCUT2D eigenvalue weighted by atomic mass is 10.3. The lowest BCUT2D eigenvalue weighted by Crippen LogP contribution is -1.87. The monoisotopic (exact) mass is 173 g/mol. The predicted octanol–water partition coefficient (Wildman–Crippen LogP) is 2.31. The van der Waals surface area contributed by atoms with E-state index >= 15 is 0 Å². The van der Waals surface area contributed by atoms with Crippen LogP contribution in [0.5, 0.6) is 0 Å². The van der Waals surface area contributed by atoms with Crippen molar-refractivity contribution < 1.29 is 0 Å². The number of hydrogen-bond acceptors (Lipinski definition) is 2.